The molecule has 0 saturated carbocycles. The molecule has 0 bridgehead atoms. The predicted octanol–water partition coefficient (Wildman–Crippen LogP) is 5.45. The van der Waals surface area contributed by atoms with E-state index in [0.717, 1.165) is 16.9 Å². The average Bonchev–Trinajstić information content (AvgIpc) is 3.21. The first-order valence-electron chi connectivity index (χ1n) is 10.4. The van der Waals surface area contributed by atoms with Gasteiger partial charge in [-0.05, 0) is 67.3 Å². The number of amides is 1. The number of benzene rings is 2. The molecule has 0 spiro atoms. The highest BCUT2D eigenvalue weighted by molar-refractivity contribution is 6.35. The SMILES string of the molecule is CCOC(=O)c1cc(C(C)C)n(-c2ccc(C(=O)NCCc3ccc(Cl)cc3Cl)cc2)n1. The molecule has 0 aliphatic carbocycles. The van der Waals surface area contributed by atoms with E-state index in [-0.39, 0.29) is 24.1 Å². The van der Waals surface area contributed by atoms with Gasteiger partial charge in [-0.1, -0.05) is 43.1 Å². The molecular formula is C24H25Cl2N3O3. The van der Waals surface area contributed by atoms with Crippen LogP contribution in [-0.4, -0.2) is 34.8 Å². The average molecular weight is 474 g/mol. The van der Waals surface area contributed by atoms with Crippen LogP contribution in [0.15, 0.2) is 48.5 Å². The van der Waals surface area contributed by atoms with E-state index in [0.29, 0.717) is 28.6 Å². The number of carbonyl (C=O) groups is 2. The minimum atomic E-state index is -0.454. The van der Waals surface area contributed by atoms with E-state index in [1.54, 1.807) is 54.1 Å². The second kappa shape index (κ2) is 10.7. The van der Waals surface area contributed by atoms with E-state index < -0.39 is 5.97 Å². The fourth-order valence-corrected chi connectivity index (χ4v) is 3.71. The molecule has 3 aromatic rings. The number of ether oxygens (including phenoxy) is 1. The normalized spacial score (nSPS) is 10.9. The first-order chi connectivity index (χ1) is 15.3. The highest BCUT2D eigenvalue weighted by atomic mass is 35.5. The number of carbonyl (C=O) groups excluding carboxylic acids is 2. The summed E-state index contributed by atoms with van der Waals surface area (Å²) in [5.41, 5.74) is 3.35. The van der Waals surface area contributed by atoms with Crippen LogP contribution in [0.25, 0.3) is 5.69 Å². The molecule has 0 saturated heterocycles. The van der Waals surface area contributed by atoms with E-state index in [1.807, 2.05) is 19.9 Å². The third-order valence-electron chi connectivity index (χ3n) is 4.88. The molecular weight excluding hydrogens is 449 g/mol. The molecule has 6 nitrogen and oxygen atoms in total. The van der Waals surface area contributed by atoms with Gasteiger partial charge in [0.1, 0.15) is 0 Å². The van der Waals surface area contributed by atoms with Gasteiger partial charge in [-0.25, -0.2) is 9.48 Å². The lowest BCUT2D eigenvalue weighted by atomic mass is 10.1. The van der Waals surface area contributed by atoms with E-state index in [2.05, 4.69) is 10.4 Å². The fourth-order valence-electron chi connectivity index (χ4n) is 3.21. The quantitative estimate of drug-likeness (QED) is 0.441. The van der Waals surface area contributed by atoms with Gasteiger partial charge in [0, 0.05) is 27.8 Å². The van der Waals surface area contributed by atoms with Crippen LogP contribution in [0.5, 0.6) is 0 Å². The lowest BCUT2D eigenvalue weighted by Gasteiger charge is -2.11. The van der Waals surface area contributed by atoms with Crippen LogP contribution in [-0.2, 0) is 11.2 Å². The largest absolute Gasteiger partial charge is 0.461 e. The monoisotopic (exact) mass is 473 g/mol. The summed E-state index contributed by atoms with van der Waals surface area (Å²) in [4.78, 5) is 24.6. The minimum Gasteiger partial charge on any atom is -0.461 e. The summed E-state index contributed by atoms with van der Waals surface area (Å²) in [6.07, 6.45) is 0.599. The number of halogens is 2. The highest BCUT2D eigenvalue weighted by Crippen LogP contribution is 2.22. The maximum absolute atomic E-state index is 12.5. The van der Waals surface area contributed by atoms with E-state index in [1.165, 1.54) is 0 Å². The smallest absolute Gasteiger partial charge is 0.358 e. The Bertz CT molecular complexity index is 1110. The zero-order valence-electron chi connectivity index (χ0n) is 18.2. The first kappa shape index (κ1) is 23.8. The predicted molar refractivity (Wildman–Crippen MR) is 126 cm³/mol. The maximum atomic E-state index is 12.5. The van der Waals surface area contributed by atoms with Crippen LogP contribution in [0.3, 0.4) is 0 Å². The van der Waals surface area contributed by atoms with E-state index in [4.69, 9.17) is 27.9 Å². The molecule has 2 aromatic carbocycles. The number of hydrogen-bond donors (Lipinski definition) is 1. The summed E-state index contributed by atoms with van der Waals surface area (Å²) in [7, 11) is 0. The molecule has 0 aliphatic heterocycles. The molecule has 1 amide bonds. The first-order valence-corrected chi connectivity index (χ1v) is 11.2. The second-order valence-electron chi connectivity index (χ2n) is 7.53. The van der Waals surface area contributed by atoms with Crippen LogP contribution in [0.1, 0.15) is 58.8 Å². The summed E-state index contributed by atoms with van der Waals surface area (Å²) in [6, 6.07) is 14.1. The van der Waals surface area contributed by atoms with Gasteiger partial charge >= 0.3 is 5.97 Å². The van der Waals surface area contributed by atoms with Crippen molar-refractivity contribution in [1.82, 2.24) is 15.1 Å². The van der Waals surface area contributed by atoms with Crippen molar-refractivity contribution < 1.29 is 14.3 Å². The zero-order chi connectivity index (χ0) is 23.3. The van der Waals surface area contributed by atoms with Gasteiger partial charge in [0.15, 0.2) is 5.69 Å². The highest BCUT2D eigenvalue weighted by Gasteiger charge is 2.18. The lowest BCUT2D eigenvalue weighted by Crippen LogP contribution is -2.25. The lowest BCUT2D eigenvalue weighted by molar-refractivity contribution is 0.0518. The van der Waals surface area contributed by atoms with Gasteiger partial charge in [0.25, 0.3) is 5.91 Å². The summed E-state index contributed by atoms with van der Waals surface area (Å²) < 4.78 is 6.77. The topological polar surface area (TPSA) is 73.2 Å². The molecule has 1 N–H and O–H groups in total. The zero-order valence-corrected chi connectivity index (χ0v) is 19.7. The van der Waals surface area contributed by atoms with E-state index in [9.17, 15) is 9.59 Å². The molecule has 0 aliphatic rings. The number of nitrogens with zero attached hydrogens (tertiary/aromatic N) is 2. The van der Waals surface area contributed by atoms with Crippen molar-refractivity contribution in [2.45, 2.75) is 33.1 Å². The van der Waals surface area contributed by atoms with Gasteiger partial charge in [-0.3, -0.25) is 4.79 Å². The minimum absolute atomic E-state index is 0.147. The molecule has 0 atom stereocenters. The second-order valence-corrected chi connectivity index (χ2v) is 8.37. The number of aromatic nitrogens is 2. The summed E-state index contributed by atoms with van der Waals surface area (Å²) in [5.74, 6) is -0.489. The number of nitrogens with one attached hydrogen (secondary N) is 1. The molecule has 1 heterocycles. The van der Waals surface area contributed by atoms with Gasteiger partial charge in [-0.15, -0.1) is 0 Å². The molecule has 0 fully saturated rings. The Morgan fingerprint density at radius 3 is 2.44 bits per heavy atom. The number of rotatable bonds is 8. The molecule has 0 radical (unpaired) electrons. The molecule has 32 heavy (non-hydrogen) atoms. The van der Waals surface area contributed by atoms with Crippen molar-refractivity contribution in [2.75, 3.05) is 13.2 Å². The number of esters is 1. The third-order valence-corrected chi connectivity index (χ3v) is 5.47. The number of hydrogen-bond acceptors (Lipinski definition) is 4. The van der Waals surface area contributed by atoms with Gasteiger partial charge < -0.3 is 10.1 Å². The van der Waals surface area contributed by atoms with Crippen molar-refractivity contribution in [3.8, 4) is 5.69 Å². The summed E-state index contributed by atoms with van der Waals surface area (Å²) in [5, 5.41) is 8.47. The molecule has 3 rings (SSSR count). The summed E-state index contributed by atoms with van der Waals surface area (Å²) in [6.45, 7) is 6.54. The van der Waals surface area contributed by atoms with Crippen molar-refractivity contribution in [1.29, 1.82) is 0 Å². The van der Waals surface area contributed by atoms with Crippen molar-refractivity contribution in [3.05, 3.63) is 81.1 Å². The van der Waals surface area contributed by atoms with Crippen LogP contribution in [0.4, 0.5) is 0 Å². The summed E-state index contributed by atoms with van der Waals surface area (Å²) >= 11 is 12.1. The Morgan fingerprint density at radius 2 is 1.81 bits per heavy atom. The third kappa shape index (κ3) is 5.69. The van der Waals surface area contributed by atoms with Crippen molar-refractivity contribution in [3.63, 3.8) is 0 Å². The molecule has 8 heteroatoms. The molecule has 1 aromatic heterocycles. The molecule has 0 unspecified atom stereocenters. The van der Waals surface area contributed by atoms with Crippen molar-refractivity contribution >= 4 is 35.1 Å². The van der Waals surface area contributed by atoms with E-state index >= 15 is 0 Å². The molecule has 168 valence electrons. The Kier molecular flexibility index (Phi) is 7.94. The Hall–Kier alpha value is -2.83. The maximum Gasteiger partial charge on any atom is 0.358 e. The fraction of sp³-hybridized carbons (Fsp3) is 0.292. The van der Waals surface area contributed by atoms with Gasteiger partial charge in [0.05, 0.1) is 12.3 Å². The Labute approximate surface area is 197 Å². The van der Waals surface area contributed by atoms with Crippen LogP contribution in [0.2, 0.25) is 10.0 Å². The van der Waals surface area contributed by atoms with Crippen molar-refractivity contribution in [2.24, 2.45) is 0 Å². The standard InChI is InChI=1S/C24H25Cl2N3O3/c1-4-32-24(31)21-14-22(15(2)3)29(28-21)19-9-6-17(7-10-19)23(30)27-12-11-16-5-8-18(25)13-20(16)26/h5-10,13-15H,4,11-12H2,1-3H3,(H,27,30). The van der Waals surface area contributed by atoms with Gasteiger partial charge in [0.2, 0.25) is 0 Å². The Morgan fingerprint density at radius 1 is 1.09 bits per heavy atom. The van der Waals surface area contributed by atoms with Crippen LogP contribution >= 0.6 is 23.2 Å². The van der Waals surface area contributed by atoms with Crippen LogP contribution in [0, 0.1) is 0 Å². The Balaban J connectivity index is 1.69. The van der Waals surface area contributed by atoms with Crippen LogP contribution < -0.4 is 5.32 Å². The van der Waals surface area contributed by atoms with Gasteiger partial charge in [-0.2, -0.15) is 5.10 Å².